The standard InChI is InChI=1S/C10H11O2.C10H13.W/c1-7-5-8(2)10-9(6-7)11-3-4-12-10;1-10(2,3)9-7-5-4-6-8-9;/h6H,3-4H2,1-2H3;5-8H,1-3H3;/q2*-1;+2. The fourth-order valence-electron chi connectivity index (χ4n) is 2.30. The quantitative estimate of drug-likeness (QED) is 0.511. The van der Waals surface area contributed by atoms with Crippen molar-refractivity contribution in [3.8, 4) is 11.5 Å². The molecule has 0 bridgehead atoms. The van der Waals surface area contributed by atoms with Gasteiger partial charge in [0.1, 0.15) is 13.2 Å². The van der Waals surface area contributed by atoms with E-state index in [1.165, 1.54) is 5.56 Å². The van der Waals surface area contributed by atoms with Gasteiger partial charge in [0, 0.05) is 0 Å². The van der Waals surface area contributed by atoms with Crippen LogP contribution in [0, 0.1) is 26.0 Å². The van der Waals surface area contributed by atoms with Gasteiger partial charge in [-0.05, 0) is 5.41 Å². The molecule has 122 valence electrons. The van der Waals surface area contributed by atoms with E-state index in [0.717, 1.165) is 22.6 Å². The number of hydrogen-bond donors (Lipinski definition) is 0. The molecule has 0 atom stereocenters. The number of hydrogen-bond acceptors (Lipinski definition) is 2. The molecule has 0 amide bonds. The first kappa shape index (κ1) is 19.8. The van der Waals surface area contributed by atoms with Crippen molar-refractivity contribution in [1.29, 1.82) is 0 Å². The summed E-state index contributed by atoms with van der Waals surface area (Å²) >= 11 is 0. The molecule has 0 spiro atoms. The smallest absolute Gasteiger partial charge is 0.544 e. The first-order valence-electron chi connectivity index (χ1n) is 7.63. The van der Waals surface area contributed by atoms with Crippen LogP contribution in [0.4, 0.5) is 0 Å². The Bertz CT molecular complexity index is 616. The van der Waals surface area contributed by atoms with Crippen LogP contribution in [0.15, 0.2) is 30.3 Å². The minimum Gasteiger partial charge on any atom is -0.544 e. The predicted molar refractivity (Wildman–Crippen MR) is 89.7 cm³/mol. The molecule has 0 saturated heterocycles. The number of rotatable bonds is 0. The maximum Gasteiger partial charge on any atom is 2.00 e. The minimum absolute atomic E-state index is 0. The molecule has 1 heterocycles. The zero-order valence-electron chi connectivity index (χ0n) is 14.5. The summed E-state index contributed by atoms with van der Waals surface area (Å²) in [6, 6.07) is 16.3. The van der Waals surface area contributed by atoms with E-state index >= 15 is 0 Å². The average Bonchev–Trinajstić information content (AvgIpc) is 2.48. The van der Waals surface area contributed by atoms with Gasteiger partial charge in [-0.3, -0.25) is 0 Å². The summed E-state index contributed by atoms with van der Waals surface area (Å²) in [6.45, 7) is 11.9. The van der Waals surface area contributed by atoms with E-state index < -0.39 is 0 Å². The fourth-order valence-corrected chi connectivity index (χ4v) is 2.30. The third-order valence-electron chi connectivity index (χ3n) is 3.47. The summed E-state index contributed by atoms with van der Waals surface area (Å²) in [6.07, 6.45) is 0. The molecule has 2 aromatic carbocycles. The molecule has 0 unspecified atom stereocenters. The van der Waals surface area contributed by atoms with Gasteiger partial charge in [0.05, 0.1) is 11.5 Å². The molecule has 0 aliphatic carbocycles. The molecule has 0 fully saturated rings. The van der Waals surface area contributed by atoms with Crippen molar-refractivity contribution in [3.05, 3.63) is 59.2 Å². The van der Waals surface area contributed by atoms with Crippen LogP contribution < -0.4 is 9.47 Å². The third kappa shape index (κ3) is 5.70. The average molecular weight is 480 g/mol. The topological polar surface area (TPSA) is 18.5 Å². The Morgan fingerprint density at radius 3 is 2.17 bits per heavy atom. The Morgan fingerprint density at radius 2 is 1.61 bits per heavy atom. The molecule has 23 heavy (non-hydrogen) atoms. The summed E-state index contributed by atoms with van der Waals surface area (Å²) in [4.78, 5) is 0. The van der Waals surface area contributed by atoms with Crippen LogP contribution in [0.25, 0.3) is 0 Å². The molecule has 2 aromatic rings. The predicted octanol–water partition coefficient (Wildman–Crippen LogP) is 4.66. The number of fused-ring (bicyclic) bond motifs is 1. The van der Waals surface area contributed by atoms with E-state index in [1.54, 1.807) is 0 Å². The van der Waals surface area contributed by atoms with Gasteiger partial charge in [0.2, 0.25) is 0 Å². The molecular weight excluding hydrogens is 456 g/mol. The molecule has 1 aliphatic heterocycles. The first-order valence-corrected chi connectivity index (χ1v) is 7.63. The van der Waals surface area contributed by atoms with Gasteiger partial charge in [-0.15, -0.1) is 11.6 Å². The van der Waals surface area contributed by atoms with Gasteiger partial charge in [0.15, 0.2) is 0 Å². The van der Waals surface area contributed by atoms with Crippen LogP contribution in [0.5, 0.6) is 11.5 Å². The Balaban J connectivity index is 0.000000224. The van der Waals surface area contributed by atoms with Crippen molar-refractivity contribution in [2.75, 3.05) is 13.2 Å². The zero-order chi connectivity index (χ0) is 16.2. The van der Waals surface area contributed by atoms with Crippen LogP contribution in [-0.2, 0) is 26.5 Å². The Labute approximate surface area is 154 Å². The van der Waals surface area contributed by atoms with E-state index in [1.807, 2.05) is 32.0 Å². The second kappa shape index (κ2) is 8.54. The van der Waals surface area contributed by atoms with Crippen LogP contribution in [0.1, 0.15) is 37.5 Å². The summed E-state index contributed by atoms with van der Waals surface area (Å²) in [5, 5.41) is 0. The van der Waals surface area contributed by atoms with E-state index in [0.29, 0.717) is 13.2 Å². The summed E-state index contributed by atoms with van der Waals surface area (Å²) < 4.78 is 10.9. The van der Waals surface area contributed by atoms with Crippen molar-refractivity contribution in [3.63, 3.8) is 0 Å². The van der Waals surface area contributed by atoms with Gasteiger partial charge in [-0.25, -0.2) is 0 Å². The molecule has 0 radical (unpaired) electrons. The molecule has 0 saturated carbocycles. The SMILES string of the molecule is CC(C)(C)c1cc[c-]cc1.Cc1[c-]c(C)c2c(c1)OCCO2.[W+2]. The van der Waals surface area contributed by atoms with Crippen molar-refractivity contribution < 1.29 is 30.5 Å². The van der Waals surface area contributed by atoms with Crippen molar-refractivity contribution >= 4 is 0 Å². The molecule has 3 heteroatoms. The van der Waals surface area contributed by atoms with E-state index in [2.05, 4.69) is 45.0 Å². The normalized spacial score (nSPS) is 12.6. The molecule has 2 nitrogen and oxygen atoms in total. The summed E-state index contributed by atoms with van der Waals surface area (Å²) in [5.41, 5.74) is 3.77. The van der Waals surface area contributed by atoms with Gasteiger partial charge in [-0.2, -0.15) is 47.5 Å². The molecule has 0 aromatic heterocycles. The molecular formula is C20H24O2W. The maximum absolute atomic E-state index is 5.45. The summed E-state index contributed by atoms with van der Waals surface area (Å²) in [7, 11) is 0. The molecule has 1 aliphatic rings. The Hall–Kier alpha value is -1.27. The van der Waals surface area contributed by atoms with Gasteiger partial charge >= 0.3 is 21.1 Å². The first-order chi connectivity index (χ1) is 10.4. The zero-order valence-corrected chi connectivity index (χ0v) is 17.5. The summed E-state index contributed by atoms with van der Waals surface area (Å²) in [5.74, 6) is 1.71. The largest absolute Gasteiger partial charge is 2.00 e. The van der Waals surface area contributed by atoms with E-state index in [4.69, 9.17) is 9.47 Å². The van der Waals surface area contributed by atoms with Gasteiger partial charge < -0.3 is 9.47 Å². The Kier molecular flexibility index (Phi) is 7.35. The molecule has 0 N–H and O–H groups in total. The van der Waals surface area contributed by atoms with Crippen LogP contribution in [0.3, 0.4) is 0 Å². The number of benzene rings is 2. The van der Waals surface area contributed by atoms with Gasteiger partial charge in [-0.1, -0.05) is 34.6 Å². The van der Waals surface area contributed by atoms with E-state index in [-0.39, 0.29) is 26.5 Å². The Morgan fingerprint density at radius 1 is 1.00 bits per heavy atom. The van der Waals surface area contributed by atoms with Crippen LogP contribution >= 0.6 is 0 Å². The van der Waals surface area contributed by atoms with Crippen molar-refractivity contribution in [1.82, 2.24) is 0 Å². The van der Waals surface area contributed by atoms with Gasteiger partial charge in [0.25, 0.3) is 0 Å². The monoisotopic (exact) mass is 480 g/mol. The van der Waals surface area contributed by atoms with Crippen molar-refractivity contribution in [2.45, 2.75) is 40.0 Å². The second-order valence-corrected chi connectivity index (χ2v) is 6.51. The second-order valence-electron chi connectivity index (χ2n) is 6.51. The molecule has 3 rings (SSSR count). The third-order valence-corrected chi connectivity index (χ3v) is 3.47. The van der Waals surface area contributed by atoms with Crippen molar-refractivity contribution in [2.24, 2.45) is 0 Å². The minimum atomic E-state index is 0. The van der Waals surface area contributed by atoms with Crippen LogP contribution in [0.2, 0.25) is 0 Å². The van der Waals surface area contributed by atoms with Crippen LogP contribution in [-0.4, -0.2) is 13.2 Å². The maximum atomic E-state index is 5.45. The number of ether oxygens (including phenoxy) is 2. The number of aryl methyl sites for hydroxylation is 2. The van der Waals surface area contributed by atoms with E-state index in [9.17, 15) is 0 Å². The fraction of sp³-hybridized carbons (Fsp3) is 0.400.